The Morgan fingerprint density at radius 3 is 2.56 bits per heavy atom. The number of hydrogen-bond donors (Lipinski definition) is 1. The number of fused-ring (bicyclic) bond motifs is 3. The summed E-state index contributed by atoms with van der Waals surface area (Å²) in [7, 11) is 1.73. The minimum Gasteiger partial charge on any atom is -0.378 e. The third kappa shape index (κ3) is 2.87. The number of hydrogen-bond acceptors (Lipinski definition) is 4. The zero-order chi connectivity index (χ0) is 19.0. The fourth-order valence-electron chi connectivity index (χ4n) is 3.60. The van der Waals surface area contributed by atoms with E-state index in [9.17, 15) is 4.79 Å². The van der Waals surface area contributed by atoms with Crippen molar-refractivity contribution in [2.24, 2.45) is 7.05 Å². The average molecular weight is 361 g/mol. The van der Waals surface area contributed by atoms with Gasteiger partial charge in [0.1, 0.15) is 0 Å². The van der Waals surface area contributed by atoms with Crippen molar-refractivity contribution in [1.29, 1.82) is 0 Å². The number of benzene rings is 2. The molecule has 4 aromatic rings. The molecule has 0 amide bonds. The summed E-state index contributed by atoms with van der Waals surface area (Å²) in [5.41, 5.74) is 4.58. The van der Waals surface area contributed by atoms with Crippen LogP contribution in [0.1, 0.15) is 30.8 Å². The summed E-state index contributed by atoms with van der Waals surface area (Å²) >= 11 is 0. The fraction of sp³-hybridized carbons (Fsp3) is 0.286. The molecule has 138 valence electrons. The molecular formula is C21H23N5O. The predicted octanol–water partition coefficient (Wildman–Crippen LogP) is 3.32. The smallest absolute Gasteiger partial charge is 0.262 e. The van der Waals surface area contributed by atoms with Crippen molar-refractivity contribution in [3.05, 3.63) is 69.8 Å². The molecule has 2 heterocycles. The van der Waals surface area contributed by atoms with E-state index in [1.165, 1.54) is 11.1 Å². The zero-order valence-electron chi connectivity index (χ0n) is 15.9. The molecule has 1 N–H and O–H groups in total. The molecular weight excluding hydrogens is 338 g/mol. The molecule has 6 heteroatoms. The minimum absolute atomic E-state index is 0.0623. The molecule has 0 atom stereocenters. The van der Waals surface area contributed by atoms with E-state index in [1.807, 2.05) is 28.7 Å². The van der Waals surface area contributed by atoms with Crippen LogP contribution in [0.25, 0.3) is 16.7 Å². The summed E-state index contributed by atoms with van der Waals surface area (Å²) in [6.07, 6.45) is 2.05. The first-order chi connectivity index (χ1) is 13.1. The lowest BCUT2D eigenvalue weighted by atomic mass is 10.0. The van der Waals surface area contributed by atoms with Crippen molar-refractivity contribution in [3.63, 3.8) is 0 Å². The molecule has 0 aliphatic carbocycles. The lowest BCUT2D eigenvalue weighted by Crippen LogP contribution is -2.20. The quantitative estimate of drug-likeness (QED) is 0.592. The Kier molecular flexibility index (Phi) is 4.39. The van der Waals surface area contributed by atoms with Crippen LogP contribution in [-0.4, -0.2) is 19.2 Å². The molecule has 2 aromatic heterocycles. The lowest BCUT2D eigenvalue weighted by Gasteiger charge is -2.11. The van der Waals surface area contributed by atoms with Crippen molar-refractivity contribution in [2.45, 2.75) is 33.2 Å². The Hall–Kier alpha value is -3.15. The van der Waals surface area contributed by atoms with Gasteiger partial charge in [0.25, 0.3) is 5.56 Å². The van der Waals surface area contributed by atoms with Crippen LogP contribution in [0.3, 0.4) is 0 Å². The summed E-state index contributed by atoms with van der Waals surface area (Å²) < 4.78 is 3.49. The van der Waals surface area contributed by atoms with Crippen molar-refractivity contribution in [2.75, 3.05) is 5.32 Å². The Morgan fingerprint density at radius 2 is 1.78 bits per heavy atom. The highest BCUT2D eigenvalue weighted by molar-refractivity contribution is 5.80. The van der Waals surface area contributed by atoms with Gasteiger partial charge in [0, 0.05) is 12.7 Å². The fourth-order valence-corrected chi connectivity index (χ4v) is 3.60. The molecule has 0 bridgehead atoms. The largest absolute Gasteiger partial charge is 0.378 e. The number of rotatable bonds is 5. The molecule has 27 heavy (non-hydrogen) atoms. The topological polar surface area (TPSA) is 64.2 Å². The maximum Gasteiger partial charge on any atom is 0.262 e. The first-order valence-electron chi connectivity index (χ1n) is 9.31. The van der Waals surface area contributed by atoms with Gasteiger partial charge in [0.15, 0.2) is 5.82 Å². The van der Waals surface area contributed by atoms with E-state index in [2.05, 4.69) is 47.6 Å². The van der Waals surface area contributed by atoms with Gasteiger partial charge < -0.3 is 5.32 Å². The summed E-state index contributed by atoms with van der Waals surface area (Å²) in [5, 5.41) is 12.7. The van der Waals surface area contributed by atoms with E-state index in [1.54, 1.807) is 11.6 Å². The Bertz CT molecular complexity index is 1190. The summed E-state index contributed by atoms with van der Waals surface area (Å²) in [4.78, 5) is 12.5. The summed E-state index contributed by atoms with van der Waals surface area (Å²) in [5.74, 6) is 1.32. The summed E-state index contributed by atoms with van der Waals surface area (Å²) in [6, 6.07) is 14.1. The van der Waals surface area contributed by atoms with Gasteiger partial charge in [-0.1, -0.05) is 32.0 Å². The van der Waals surface area contributed by atoms with Gasteiger partial charge in [-0.05, 0) is 48.2 Å². The number of aryl methyl sites for hydroxylation is 3. The Morgan fingerprint density at radius 1 is 1.00 bits per heavy atom. The van der Waals surface area contributed by atoms with E-state index in [4.69, 9.17) is 0 Å². The van der Waals surface area contributed by atoms with Gasteiger partial charge in [-0.3, -0.25) is 13.8 Å². The van der Waals surface area contributed by atoms with Gasteiger partial charge in [0.05, 0.1) is 17.4 Å². The predicted molar refractivity (Wildman–Crippen MR) is 108 cm³/mol. The molecule has 2 aromatic carbocycles. The number of nitrogens with zero attached hydrogens (tertiary/aromatic N) is 4. The number of nitrogens with one attached hydrogen (secondary N) is 1. The van der Waals surface area contributed by atoms with Gasteiger partial charge in [0.2, 0.25) is 5.78 Å². The molecule has 0 spiro atoms. The first kappa shape index (κ1) is 17.3. The number of anilines is 1. The molecule has 6 nitrogen and oxygen atoms in total. The van der Waals surface area contributed by atoms with Crippen LogP contribution in [0.4, 0.5) is 5.69 Å². The van der Waals surface area contributed by atoms with Crippen LogP contribution in [0.15, 0.2) is 47.3 Å². The molecule has 0 saturated heterocycles. The molecule has 0 fully saturated rings. The van der Waals surface area contributed by atoms with Crippen molar-refractivity contribution >= 4 is 22.4 Å². The van der Waals surface area contributed by atoms with Crippen LogP contribution in [0.2, 0.25) is 0 Å². The van der Waals surface area contributed by atoms with Crippen LogP contribution in [-0.2, 0) is 26.4 Å². The van der Waals surface area contributed by atoms with E-state index >= 15 is 0 Å². The first-order valence-corrected chi connectivity index (χ1v) is 9.31. The highest BCUT2D eigenvalue weighted by Gasteiger charge is 2.14. The van der Waals surface area contributed by atoms with E-state index < -0.39 is 0 Å². The third-order valence-electron chi connectivity index (χ3n) is 5.11. The zero-order valence-corrected chi connectivity index (χ0v) is 15.9. The molecule has 0 saturated carbocycles. The Balaban J connectivity index is 1.74. The summed E-state index contributed by atoms with van der Waals surface area (Å²) in [6.45, 7) is 4.88. The van der Waals surface area contributed by atoms with Crippen molar-refractivity contribution in [3.8, 4) is 0 Å². The number of para-hydroxylation sites is 1. The highest BCUT2D eigenvalue weighted by Crippen LogP contribution is 2.19. The Labute approximate surface area is 157 Å². The molecule has 0 aliphatic heterocycles. The second-order valence-corrected chi connectivity index (χ2v) is 6.68. The molecule has 0 unspecified atom stereocenters. The van der Waals surface area contributed by atoms with Gasteiger partial charge >= 0.3 is 0 Å². The van der Waals surface area contributed by atoms with Gasteiger partial charge in [-0.15, -0.1) is 10.2 Å². The lowest BCUT2D eigenvalue weighted by molar-refractivity contribution is 0.855. The maximum absolute atomic E-state index is 12.5. The third-order valence-corrected chi connectivity index (χ3v) is 5.11. The monoisotopic (exact) mass is 361 g/mol. The van der Waals surface area contributed by atoms with Crippen LogP contribution < -0.4 is 10.9 Å². The molecule has 0 radical (unpaired) electrons. The second kappa shape index (κ2) is 6.87. The standard InChI is InChI=1S/C21H23N5O/c1-4-14-10-11-16(12-15(14)5-2)22-13-19-23-24-21-25(3)20(27)17-8-6-7-9-18(17)26(19)21/h6-12,22H,4-5,13H2,1-3H3. The van der Waals surface area contributed by atoms with Crippen molar-refractivity contribution in [1.82, 2.24) is 19.2 Å². The van der Waals surface area contributed by atoms with Crippen molar-refractivity contribution < 1.29 is 0 Å². The van der Waals surface area contributed by atoms with E-state index in [-0.39, 0.29) is 5.56 Å². The minimum atomic E-state index is -0.0623. The van der Waals surface area contributed by atoms with E-state index in [0.717, 1.165) is 29.9 Å². The highest BCUT2D eigenvalue weighted by atomic mass is 16.1. The van der Waals surface area contributed by atoms with Crippen LogP contribution in [0, 0.1) is 0 Å². The SMILES string of the molecule is CCc1ccc(NCc2nnc3n(C)c(=O)c4ccccc4n23)cc1CC. The van der Waals surface area contributed by atoms with Crippen LogP contribution >= 0.6 is 0 Å². The second-order valence-electron chi connectivity index (χ2n) is 6.68. The maximum atomic E-state index is 12.5. The normalized spacial score (nSPS) is 11.4. The number of aromatic nitrogens is 4. The van der Waals surface area contributed by atoms with Crippen LogP contribution in [0.5, 0.6) is 0 Å². The van der Waals surface area contributed by atoms with Gasteiger partial charge in [-0.25, -0.2) is 0 Å². The van der Waals surface area contributed by atoms with E-state index in [0.29, 0.717) is 17.7 Å². The van der Waals surface area contributed by atoms with Gasteiger partial charge in [-0.2, -0.15) is 0 Å². The average Bonchev–Trinajstić information content (AvgIpc) is 3.14. The molecule has 4 rings (SSSR count). The molecule has 0 aliphatic rings.